The van der Waals surface area contributed by atoms with Gasteiger partial charge in [0.1, 0.15) is 5.75 Å². The van der Waals surface area contributed by atoms with Crippen LogP contribution in [0, 0.1) is 0 Å². The number of halogens is 1. The smallest absolute Gasteiger partial charge is 0.304 e. The number of carboxylic acid groups (broad SMARTS) is 1. The Morgan fingerprint density at radius 2 is 2.00 bits per heavy atom. The maximum atomic E-state index is 11.0. The van der Waals surface area contributed by atoms with Crippen LogP contribution < -0.4 is 0 Å². The third-order valence-corrected chi connectivity index (χ3v) is 3.79. The van der Waals surface area contributed by atoms with E-state index in [1.807, 2.05) is 12.1 Å². The van der Waals surface area contributed by atoms with Gasteiger partial charge in [-0.25, -0.2) is 0 Å². The van der Waals surface area contributed by atoms with Gasteiger partial charge in [-0.05, 0) is 34.9 Å². The molecule has 0 spiro atoms. The van der Waals surface area contributed by atoms with Gasteiger partial charge in [-0.3, -0.25) is 4.79 Å². The van der Waals surface area contributed by atoms with Crippen LogP contribution in [0.3, 0.4) is 0 Å². The summed E-state index contributed by atoms with van der Waals surface area (Å²) in [5.74, 6) is -0.988. The average Bonchev–Trinajstić information content (AvgIpc) is 2.64. The zero-order valence-electron chi connectivity index (χ0n) is 9.93. The summed E-state index contributed by atoms with van der Waals surface area (Å²) < 4.78 is 0. The molecular formula is C15H11ClO3. The van der Waals surface area contributed by atoms with Crippen molar-refractivity contribution < 1.29 is 15.0 Å². The molecule has 0 radical (unpaired) electrons. The minimum Gasteiger partial charge on any atom is -0.508 e. The molecule has 2 aromatic rings. The lowest BCUT2D eigenvalue weighted by Crippen LogP contribution is -2.04. The molecule has 0 aromatic heterocycles. The summed E-state index contributed by atoms with van der Waals surface area (Å²) in [5, 5.41) is 19.3. The summed E-state index contributed by atoms with van der Waals surface area (Å²) in [7, 11) is 0. The van der Waals surface area contributed by atoms with Crippen molar-refractivity contribution in [2.24, 2.45) is 0 Å². The standard InChI is InChI=1S/C15H11ClO3/c16-13-3-1-2-9-12(7-14(18)19)11-6-8(17)4-5-10(11)15(9)13/h1-6,12,17H,7H2,(H,18,19). The van der Waals surface area contributed by atoms with Crippen LogP contribution >= 0.6 is 11.6 Å². The fraction of sp³-hybridized carbons (Fsp3) is 0.133. The number of fused-ring (bicyclic) bond motifs is 3. The third-order valence-electron chi connectivity index (χ3n) is 3.48. The highest BCUT2D eigenvalue weighted by Gasteiger charge is 2.31. The van der Waals surface area contributed by atoms with Gasteiger partial charge in [-0.2, -0.15) is 0 Å². The van der Waals surface area contributed by atoms with Crippen molar-refractivity contribution >= 4 is 17.6 Å². The highest BCUT2D eigenvalue weighted by molar-refractivity contribution is 6.33. The number of phenols is 1. The Labute approximate surface area is 115 Å². The van der Waals surface area contributed by atoms with E-state index in [2.05, 4.69) is 0 Å². The molecule has 0 heterocycles. The Morgan fingerprint density at radius 3 is 2.74 bits per heavy atom. The predicted molar refractivity (Wildman–Crippen MR) is 72.6 cm³/mol. The fourth-order valence-electron chi connectivity index (χ4n) is 2.74. The lowest BCUT2D eigenvalue weighted by atomic mass is 9.93. The van der Waals surface area contributed by atoms with Crippen LogP contribution in [0.1, 0.15) is 23.5 Å². The molecular weight excluding hydrogens is 264 g/mol. The zero-order chi connectivity index (χ0) is 13.6. The van der Waals surface area contributed by atoms with Crippen LogP contribution in [-0.2, 0) is 4.79 Å². The molecule has 1 atom stereocenters. The van der Waals surface area contributed by atoms with Crippen LogP contribution in [0.4, 0.5) is 0 Å². The van der Waals surface area contributed by atoms with E-state index in [1.165, 1.54) is 0 Å². The second-order valence-corrected chi connectivity index (χ2v) is 5.03. The Kier molecular flexibility index (Phi) is 2.72. The molecule has 4 heteroatoms. The number of aliphatic carboxylic acids is 1. The first-order valence-electron chi connectivity index (χ1n) is 5.91. The molecule has 2 N–H and O–H groups in total. The van der Waals surface area contributed by atoms with Crippen molar-refractivity contribution in [3.63, 3.8) is 0 Å². The van der Waals surface area contributed by atoms with Gasteiger partial charge < -0.3 is 10.2 Å². The monoisotopic (exact) mass is 274 g/mol. The summed E-state index contributed by atoms with van der Waals surface area (Å²) in [5.41, 5.74) is 3.52. The number of carboxylic acids is 1. The zero-order valence-corrected chi connectivity index (χ0v) is 10.7. The van der Waals surface area contributed by atoms with Crippen molar-refractivity contribution in [2.75, 3.05) is 0 Å². The minimum absolute atomic E-state index is 0.0101. The molecule has 3 nitrogen and oxygen atoms in total. The highest BCUT2D eigenvalue weighted by Crippen LogP contribution is 2.49. The summed E-state index contributed by atoms with van der Waals surface area (Å²) >= 11 is 6.23. The summed E-state index contributed by atoms with van der Waals surface area (Å²) in [4.78, 5) is 11.0. The van der Waals surface area contributed by atoms with Gasteiger partial charge in [-0.15, -0.1) is 0 Å². The van der Waals surface area contributed by atoms with Gasteiger partial charge in [0, 0.05) is 16.5 Å². The van der Waals surface area contributed by atoms with Gasteiger partial charge in [0.25, 0.3) is 0 Å². The summed E-state index contributed by atoms with van der Waals surface area (Å²) in [6.07, 6.45) is -0.0101. The first kappa shape index (κ1) is 12.1. The van der Waals surface area contributed by atoms with Crippen LogP contribution in [0.5, 0.6) is 5.75 Å². The number of phenolic OH excluding ortho intramolecular Hbond substituents is 1. The van der Waals surface area contributed by atoms with Gasteiger partial charge in [-0.1, -0.05) is 29.8 Å². The van der Waals surface area contributed by atoms with Crippen LogP contribution in [0.15, 0.2) is 36.4 Å². The van der Waals surface area contributed by atoms with Crippen LogP contribution in [-0.4, -0.2) is 16.2 Å². The van der Waals surface area contributed by atoms with Crippen molar-refractivity contribution in [2.45, 2.75) is 12.3 Å². The Hall–Kier alpha value is -2.00. The topological polar surface area (TPSA) is 57.5 Å². The fourth-order valence-corrected chi connectivity index (χ4v) is 3.03. The molecule has 1 aliphatic carbocycles. The van der Waals surface area contributed by atoms with E-state index in [0.717, 1.165) is 22.3 Å². The lowest BCUT2D eigenvalue weighted by molar-refractivity contribution is -0.137. The molecule has 0 saturated heterocycles. The quantitative estimate of drug-likeness (QED) is 0.879. The molecule has 1 unspecified atom stereocenters. The summed E-state index contributed by atoms with van der Waals surface area (Å²) in [6.45, 7) is 0. The van der Waals surface area contributed by atoms with Gasteiger partial charge in [0.15, 0.2) is 0 Å². The van der Waals surface area contributed by atoms with Crippen molar-refractivity contribution in [3.8, 4) is 16.9 Å². The van der Waals surface area contributed by atoms with E-state index in [0.29, 0.717) is 5.02 Å². The second kappa shape index (κ2) is 4.28. The average molecular weight is 275 g/mol. The third kappa shape index (κ3) is 1.87. The van der Waals surface area contributed by atoms with Gasteiger partial charge in [0.2, 0.25) is 0 Å². The molecule has 0 bridgehead atoms. The van der Waals surface area contributed by atoms with E-state index in [9.17, 15) is 9.90 Å². The largest absolute Gasteiger partial charge is 0.508 e. The Balaban J connectivity index is 2.26. The molecule has 2 aromatic carbocycles. The second-order valence-electron chi connectivity index (χ2n) is 4.63. The summed E-state index contributed by atoms with van der Waals surface area (Å²) in [6, 6.07) is 10.5. The van der Waals surface area contributed by atoms with Crippen molar-refractivity contribution in [3.05, 3.63) is 52.5 Å². The molecule has 0 aliphatic heterocycles. The predicted octanol–water partition coefficient (Wildman–Crippen LogP) is 3.63. The molecule has 0 saturated carbocycles. The lowest BCUT2D eigenvalue weighted by Gasteiger charge is -2.10. The maximum absolute atomic E-state index is 11.0. The van der Waals surface area contributed by atoms with Crippen molar-refractivity contribution in [1.29, 1.82) is 0 Å². The van der Waals surface area contributed by atoms with Gasteiger partial charge in [0.05, 0.1) is 6.42 Å². The first-order chi connectivity index (χ1) is 9.08. The molecule has 96 valence electrons. The SMILES string of the molecule is O=C(O)CC1c2cc(O)ccc2-c2c(Cl)cccc21. The van der Waals surface area contributed by atoms with Crippen molar-refractivity contribution in [1.82, 2.24) is 0 Å². The van der Waals surface area contributed by atoms with E-state index in [4.69, 9.17) is 16.7 Å². The number of benzene rings is 2. The van der Waals surface area contributed by atoms with Crippen LogP contribution in [0.2, 0.25) is 5.02 Å². The molecule has 3 rings (SSSR count). The number of hydrogen-bond donors (Lipinski definition) is 2. The van der Waals surface area contributed by atoms with E-state index >= 15 is 0 Å². The highest BCUT2D eigenvalue weighted by atomic mass is 35.5. The van der Waals surface area contributed by atoms with E-state index < -0.39 is 5.97 Å². The maximum Gasteiger partial charge on any atom is 0.304 e. The number of rotatable bonds is 2. The molecule has 0 amide bonds. The number of aromatic hydroxyl groups is 1. The van der Waals surface area contributed by atoms with Crippen LogP contribution in [0.25, 0.3) is 11.1 Å². The molecule has 19 heavy (non-hydrogen) atoms. The molecule has 1 aliphatic rings. The number of carbonyl (C=O) groups is 1. The van der Waals surface area contributed by atoms with E-state index in [1.54, 1.807) is 24.3 Å². The minimum atomic E-state index is -0.868. The Bertz CT molecular complexity index is 679. The number of hydrogen-bond acceptors (Lipinski definition) is 2. The van der Waals surface area contributed by atoms with E-state index in [-0.39, 0.29) is 18.1 Å². The normalized spacial score (nSPS) is 15.9. The van der Waals surface area contributed by atoms with Gasteiger partial charge >= 0.3 is 5.97 Å². The molecule has 0 fully saturated rings. The Morgan fingerprint density at radius 1 is 1.21 bits per heavy atom. The first-order valence-corrected chi connectivity index (χ1v) is 6.29.